The number of phenols is 1. The molecule has 0 spiro atoms. The molecule has 0 radical (unpaired) electrons. The molecule has 8 nitrogen and oxygen atoms in total. The minimum absolute atomic E-state index is 0.0742. The smallest absolute Gasteiger partial charge is 0.408 e. The molecule has 0 heterocycles. The lowest BCUT2D eigenvalue weighted by atomic mass is 10.0. The Labute approximate surface area is 181 Å². The molecule has 8 heteroatoms. The van der Waals surface area contributed by atoms with Gasteiger partial charge in [0.15, 0.2) is 0 Å². The fraction of sp³-hybridized carbons (Fsp3) is 0.348. The van der Waals surface area contributed by atoms with Crippen LogP contribution >= 0.6 is 0 Å². The number of carbonyl (C=O) groups excluding carboxylic acids is 3. The van der Waals surface area contributed by atoms with E-state index in [9.17, 15) is 19.5 Å². The van der Waals surface area contributed by atoms with E-state index in [2.05, 4.69) is 10.6 Å². The lowest BCUT2D eigenvalue weighted by molar-refractivity contribution is -0.145. The molecule has 2 aromatic carbocycles. The SMILES string of the molecule is COC(=O)[C@@H](Cc1ccc(O)cc1)NC(=O)[C@@H](NC(=O)OCc1ccccc1)C(C)C. The van der Waals surface area contributed by atoms with E-state index in [0.29, 0.717) is 0 Å². The Bertz CT molecular complexity index is 867. The van der Waals surface area contributed by atoms with Gasteiger partial charge in [-0.05, 0) is 29.2 Å². The minimum Gasteiger partial charge on any atom is -0.508 e. The van der Waals surface area contributed by atoms with E-state index in [1.807, 2.05) is 30.3 Å². The van der Waals surface area contributed by atoms with Crippen molar-refractivity contribution in [2.24, 2.45) is 5.92 Å². The van der Waals surface area contributed by atoms with Crippen LogP contribution in [0.25, 0.3) is 0 Å². The summed E-state index contributed by atoms with van der Waals surface area (Å²) < 4.78 is 10.00. The van der Waals surface area contributed by atoms with Crippen LogP contribution in [-0.4, -0.2) is 42.3 Å². The third kappa shape index (κ3) is 7.65. The van der Waals surface area contributed by atoms with Gasteiger partial charge in [-0.15, -0.1) is 0 Å². The quantitative estimate of drug-likeness (QED) is 0.529. The molecule has 3 N–H and O–H groups in total. The standard InChI is InChI=1S/C23H28N2O6/c1-15(2)20(25-23(29)31-14-17-7-5-4-6-8-17)21(27)24-19(22(28)30-3)13-16-9-11-18(26)12-10-16/h4-12,15,19-20,26H,13-14H2,1-3H3,(H,24,27)(H,25,29)/t19-,20+/m1/s1. The summed E-state index contributed by atoms with van der Waals surface area (Å²) in [6.45, 7) is 3.62. The molecule has 2 aromatic rings. The highest BCUT2D eigenvalue weighted by atomic mass is 16.5. The van der Waals surface area contributed by atoms with Crippen molar-refractivity contribution in [3.05, 3.63) is 65.7 Å². The molecular weight excluding hydrogens is 400 g/mol. The van der Waals surface area contributed by atoms with Crippen LogP contribution in [-0.2, 0) is 32.1 Å². The van der Waals surface area contributed by atoms with Crippen molar-refractivity contribution in [1.29, 1.82) is 0 Å². The van der Waals surface area contributed by atoms with Gasteiger partial charge in [0.25, 0.3) is 0 Å². The van der Waals surface area contributed by atoms with Crippen molar-refractivity contribution >= 4 is 18.0 Å². The third-order valence-corrected chi connectivity index (χ3v) is 4.61. The van der Waals surface area contributed by atoms with E-state index in [1.165, 1.54) is 19.2 Å². The second-order valence-electron chi connectivity index (χ2n) is 7.38. The molecule has 2 rings (SSSR count). The predicted molar refractivity (Wildman–Crippen MR) is 114 cm³/mol. The molecule has 0 bridgehead atoms. The van der Waals surface area contributed by atoms with Gasteiger partial charge in [-0.2, -0.15) is 0 Å². The van der Waals surface area contributed by atoms with Gasteiger partial charge in [0.2, 0.25) is 5.91 Å². The van der Waals surface area contributed by atoms with Crippen LogP contribution in [0.2, 0.25) is 0 Å². The molecular formula is C23H28N2O6. The van der Waals surface area contributed by atoms with E-state index in [1.54, 1.807) is 26.0 Å². The van der Waals surface area contributed by atoms with Gasteiger partial charge in [-0.3, -0.25) is 4.79 Å². The molecule has 2 atom stereocenters. The Kier molecular flexibility index (Phi) is 8.87. The van der Waals surface area contributed by atoms with Crippen LogP contribution in [0, 0.1) is 5.92 Å². The number of aromatic hydroxyl groups is 1. The molecule has 0 unspecified atom stereocenters. The molecule has 0 saturated carbocycles. The maximum Gasteiger partial charge on any atom is 0.408 e. The number of nitrogens with one attached hydrogen (secondary N) is 2. The summed E-state index contributed by atoms with van der Waals surface area (Å²) in [5.41, 5.74) is 1.55. The first-order chi connectivity index (χ1) is 14.8. The van der Waals surface area contributed by atoms with Gasteiger partial charge in [0.05, 0.1) is 7.11 Å². The number of esters is 1. The van der Waals surface area contributed by atoms with Crippen LogP contribution in [0.1, 0.15) is 25.0 Å². The van der Waals surface area contributed by atoms with Crippen molar-refractivity contribution in [2.45, 2.75) is 39.0 Å². The highest BCUT2D eigenvalue weighted by molar-refractivity contribution is 5.90. The van der Waals surface area contributed by atoms with E-state index in [0.717, 1.165) is 11.1 Å². The lowest BCUT2D eigenvalue weighted by Gasteiger charge is -2.24. The number of benzene rings is 2. The number of hydrogen-bond acceptors (Lipinski definition) is 6. The molecule has 0 aromatic heterocycles. The van der Waals surface area contributed by atoms with Crippen LogP contribution in [0.5, 0.6) is 5.75 Å². The van der Waals surface area contributed by atoms with Gasteiger partial charge in [0, 0.05) is 6.42 Å². The number of phenolic OH excluding ortho intramolecular Hbond substituents is 1. The summed E-state index contributed by atoms with van der Waals surface area (Å²) in [6.07, 6.45) is -0.562. The first-order valence-corrected chi connectivity index (χ1v) is 9.93. The molecule has 31 heavy (non-hydrogen) atoms. The fourth-order valence-corrected chi connectivity index (χ4v) is 2.89. The lowest BCUT2D eigenvalue weighted by Crippen LogP contribution is -2.54. The molecule has 0 aliphatic heterocycles. The number of ether oxygens (including phenoxy) is 2. The summed E-state index contributed by atoms with van der Waals surface area (Å²) in [4.78, 5) is 37.2. The Balaban J connectivity index is 2.00. The average Bonchev–Trinajstić information content (AvgIpc) is 2.76. The number of alkyl carbamates (subject to hydrolysis) is 1. The van der Waals surface area contributed by atoms with E-state index >= 15 is 0 Å². The Morgan fingerprint density at radius 3 is 2.16 bits per heavy atom. The highest BCUT2D eigenvalue weighted by Gasteiger charge is 2.29. The highest BCUT2D eigenvalue weighted by Crippen LogP contribution is 2.12. The molecule has 0 saturated heterocycles. The zero-order chi connectivity index (χ0) is 22.8. The summed E-state index contributed by atoms with van der Waals surface area (Å²) in [7, 11) is 1.23. The van der Waals surface area contributed by atoms with E-state index in [-0.39, 0.29) is 24.7 Å². The van der Waals surface area contributed by atoms with E-state index in [4.69, 9.17) is 9.47 Å². The van der Waals surface area contributed by atoms with Crippen LogP contribution in [0.15, 0.2) is 54.6 Å². The number of hydrogen-bond donors (Lipinski definition) is 3. The predicted octanol–water partition coefficient (Wildman–Crippen LogP) is 2.54. The van der Waals surface area contributed by atoms with Crippen molar-refractivity contribution in [3.63, 3.8) is 0 Å². The Morgan fingerprint density at radius 1 is 0.935 bits per heavy atom. The van der Waals surface area contributed by atoms with Crippen LogP contribution < -0.4 is 10.6 Å². The zero-order valence-corrected chi connectivity index (χ0v) is 17.8. The van der Waals surface area contributed by atoms with Crippen molar-refractivity contribution in [2.75, 3.05) is 7.11 Å². The van der Waals surface area contributed by atoms with Crippen molar-refractivity contribution in [1.82, 2.24) is 10.6 Å². The van der Waals surface area contributed by atoms with Gasteiger partial charge in [0.1, 0.15) is 24.4 Å². The zero-order valence-electron chi connectivity index (χ0n) is 17.8. The number of amides is 2. The van der Waals surface area contributed by atoms with Crippen molar-refractivity contribution in [3.8, 4) is 5.75 Å². The summed E-state index contributed by atoms with van der Waals surface area (Å²) in [5.74, 6) is -1.30. The average molecular weight is 428 g/mol. The molecule has 0 aliphatic carbocycles. The van der Waals surface area contributed by atoms with Crippen LogP contribution in [0.3, 0.4) is 0 Å². The molecule has 0 aliphatic rings. The van der Waals surface area contributed by atoms with Gasteiger partial charge >= 0.3 is 12.1 Å². The monoisotopic (exact) mass is 428 g/mol. The van der Waals surface area contributed by atoms with Crippen LogP contribution in [0.4, 0.5) is 4.79 Å². The molecule has 0 fully saturated rings. The Morgan fingerprint density at radius 2 is 1.58 bits per heavy atom. The van der Waals surface area contributed by atoms with Gasteiger partial charge in [-0.1, -0.05) is 56.3 Å². The third-order valence-electron chi connectivity index (χ3n) is 4.61. The first-order valence-electron chi connectivity index (χ1n) is 9.93. The van der Waals surface area contributed by atoms with E-state index < -0.39 is 30.1 Å². The van der Waals surface area contributed by atoms with Gasteiger partial charge < -0.3 is 25.2 Å². The molecule has 166 valence electrons. The normalized spacial score (nSPS) is 12.5. The summed E-state index contributed by atoms with van der Waals surface area (Å²) in [5, 5.41) is 14.6. The maximum absolute atomic E-state index is 12.8. The fourth-order valence-electron chi connectivity index (χ4n) is 2.89. The summed E-state index contributed by atoms with van der Waals surface area (Å²) in [6, 6.07) is 13.6. The largest absolute Gasteiger partial charge is 0.508 e. The summed E-state index contributed by atoms with van der Waals surface area (Å²) >= 11 is 0. The maximum atomic E-state index is 12.8. The molecule has 2 amide bonds. The minimum atomic E-state index is -0.953. The number of methoxy groups -OCH3 is 1. The second-order valence-corrected chi connectivity index (χ2v) is 7.38. The number of rotatable bonds is 9. The van der Waals surface area contributed by atoms with Gasteiger partial charge in [-0.25, -0.2) is 9.59 Å². The van der Waals surface area contributed by atoms with Crippen molar-refractivity contribution < 1.29 is 29.0 Å². The first kappa shape index (κ1) is 23.7. The topological polar surface area (TPSA) is 114 Å². The number of carbonyl (C=O) groups is 3. The Hall–Kier alpha value is -3.55. The second kappa shape index (κ2) is 11.6.